The van der Waals surface area contributed by atoms with Crippen molar-refractivity contribution in [2.24, 2.45) is 0 Å². The fourth-order valence-electron chi connectivity index (χ4n) is 2.12. The van der Waals surface area contributed by atoms with Gasteiger partial charge in [0.25, 0.3) is 15.9 Å². The standard InChI is InChI=1S/C17H20N2O4S/c1-4-13-7-5-9-15(11-13)18-17(20)14-8-6-10-16(12-14)24(21,22)19(2)23-3/h5-12H,4H2,1-3H3,(H,18,20). The molecule has 0 aliphatic carbocycles. The molecule has 0 aromatic heterocycles. The number of sulfonamides is 1. The zero-order chi connectivity index (χ0) is 17.7. The van der Waals surface area contributed by atoms with Gasteiger partial charge in [0.2, 0.25) is 0 Å². The average Bonchev–Trinajstić information content (AvgIpc) is 2.61. The maximum absolute atomic E-state index is 12.4. The molecule has 6 nitrogen and oxygen atoms in total. The van der Waals surface area contributed by atoms with Crippen molar-refractivity contribution >= 4 is 21.6 Å². The van der Waals surface area contributed by atoms with Gasteiger partial charge in [-0.25, -0.2) is 8.42 Å². The summed E-state index contributed by atoms with van der Waals surface area (Å²) in [5.74, 6) is -0.375. The molecule has 0 saturated carbocycles. The molecule has 0 aliphatic rings. The van der Waals surface area contributed by atoms with Crippen LogP contribution in [-0.2, 0) is 21.3 Å². The summed E-state index contributed by atoms with van der Waals surface area (Å²) in [5.41, 5.74) is 2.02. The van der Waals surface area contributed by atoms with Crippen molar-refractivity contribution in [2.75, 3.05) is 19.5 Å². The van der Waals surface area contributed by atoms with Crippen LogP contribution in [0.15, 0.2) is 53.4 Å². The predicted octanol–water partition coefficient (Wildman–Crippen LogP) is 2.68. The highest BCUT2D eigenvalue weighted by Gasteiger charge is 2.21. The van der Waals surface area contributed by atoms with E-state index in [0.717, 1.165) is 16.5 Å². The third-order valence-electron chi connectivity index (χ3n) is 3.58. The molecule has 24 heavy (non-hydrogen) atoms. The Morgan fingerprint density at radius 1 is 1.17 bits per heavy atom. The highest BCUT2D eigenvalue weighted by Crippen LogP contribution is 2.18. The first-order valence-electron chi connectivity index (χ1n) is 7.42. The molecule has 2 aromatic carbocycles. The SMILES string of the molecule is CCc1cccc(NC(=O)c2cccc(S(=O)(=O)N(C)OC)c2)c1. The lowest BCUT2D eigenvalue weighted by Gasteiger charge is -2.14. The quantitative estimate of drug-likeness (QED) is 0.815. The van der Waals surface area contributed by atoms with E-state index in [-0.39, 0.29) is 16.4 Å². The minimum absolute atomic E-state index is 0.0122. The first kappa shape index (κ1) is 18.1. The summed E-state index contributed by atoms with van der Waals surface area (Å²) < 4.78 is 25.2. The van der Waals surface area contributed by atoms with Crippen LogP contribution < -0.4 is 5.32 Å². The first-order valence-corrected chi connectivity index (χ1v) is 8.86. The summed E-state index contributed by atoms with van der Waals surface area (Å²) in [6.45, 7) is 2.03. The number of aryl methyl sites for hydroxylation is 1. The van der Waals surface area contributed by atoms with E-state index < -0.39 is 10.0 Å². The zero-order valence-corrected chi connectivity index (χ0v) is 14.6. The van der Waals surface area contributed by atoms with Gasteiger partial charge in [-0.2, -0.15) is 0 Å². The average molecular weight is 348 g/mol. The fraction of sp³-hybridized carbons (Fsp3) is 0.235. The first-order chi connectivity index (χ1) is 11.4. The second kappa shape index (κ2) is 7.57. The Morgan fingerprint density at radius 3 is 2.54 bits per heavy atom. The molecule has 0 aliphatic heterocycles. The maximum atomic E-state index is 12.4. The van der Waals surface area contributed by atoms with Crippen molar-refractivity contribution in [1.82, 2.24) is 4.47 Å². The molecule has 0 heterocycles. The van der Waals surface area contributed by atoms with Gasteiger partial charge in [0, 0.05) is 18.3 Å². The van der Waals surface area contributed by atoms with Crippen LogP contribution in [0.5, 0.6) is 0 Å². The molecule has 0 fully saturated rings. The monoisotopic (exact) mass is 348 g/mol. The second-order valence-electron chi connectivity index (χ2n) is 5.13. The summed E-state index contributed by atoms with van der Waals surface area (Å²) in [4.78, 5) is 17.1. The molecule has 0 spiro atoms. The zero-order valence-electron chi connectivity index (χ0n) is 13.8. The summed E-state index contributed by atoms with van der Waals surface area (Å²) in [6, 6.07) is 13.3. The Hall–Kier alpha value is -2.22. The number of amides is 1. The highest BCUT2D eigenvalue weighted by molar-refractivity contribution is 7.89. The third kappa shape index (κ3) is 4.00. The highest BCUT2D eigenvalue weighted by atomic mass is 32.2. The van der Waals surface area contributed by atoms with E-state index in [0.29, 0.717) is 5.69 Å². The van der Waals surface area contributed by atoms with E-state index >= 15 is 0 Å². The topological polar surface area (TPSA) is 75.7 Å². The van der Waals surface area contributed by atoms with Crippen LogP contribution in [-0.4, -0.2) is 33.0 Å². The molecular weight excluding hydrogens is 328 g/mol. The maximum Gasteiger partial charge on any atom is 0.264 e. The van der Waals surface area contributed by atoms with E-state index in [2.05, 4.69) is 5.32 Å². The van der Waals surface area contributed by atoms with Crippen molar-refractivity contribution in [3.05, 3.63) is 59.7 Å². The number of carbonyl (C=O) groups excluding carboxylic acids is 1. The van der Waals surface area contributed by atoms with Gasteiger partial charge in [-0.1, -0.05) is 29.6 Å². The van der Waals surface area contributed by atoms with Gasteiger partial charge in [0.1, 0.15) is 0 Å². The van der Waals surface area contributed by atoms with Gasteiger partial charge in [-0.15, -0.1) is 0 Å². The number of nitrogens with one attached hydrogen (secondary N) is 1. The number of hydroxylamine groups is 1. The molecule has 1 amide bonds. The summed E-state index contributed by atoms with van der Waals surface area (Å²) >= 11 is 0. The van der Waals surface area contributed by atoms with Crippen LogP contribution >= 0.6 is 0 Å². The minimum Gasteiger partial charge on any atom is -0.322 e. The Morgan fingerprint density at radius 2 is 1.88 bits per heavy atom. The number of nitrogens with zero attached hydrogens (tertiary/aromatic N) is 1. The lowest BCUT2D eigenvalue weighted by atomic mass is 10.1. The van der Waals surface area contributed by atoms with Crippen molar-refractivity contribution in [1.29, 1.82) is 0 Å². The van der Waals surface area contributed by atoms with Crippen LogP contribution in [0.3, 0.4) is 0 Å². The molecule has 7 heteroatoms. The molecule has 0 unspecified atom stereocenters. The van der Waals surface area contributed by atoms with Gasteiger partial charge < -0.3 is 5.32 Å². The Kier molecular flexibility index (Phi) is 5.71. The van der Waals surface area contributed by atoms with Crippen LogP contribution in [0, 0.1) is 0 Å². The number of hydrogen-bond donors (Lipinski definition) is 1. The summed E-state index contributed by atoms with van der Waals surface area (Å²) in [6.07, 6.45) is 0.862. The fourth-order valence-corrected chi connectivity index (χ4v) is 3.14. The molecule has 0 bridgehead atoms. The van der Waals surface area contributed by atoms with Crippen LogP contribution in [0.4, 0.5) is 5.69 Å². The molecular formula is C17H20N2O4S. The van der Waals surface area contributed by atoms with Gasteiger partial charge >= 0.3 is 0 Å². The summed E-state index contributed by atoms with van der Waals surface area (Å²) in [5, 5.41) is 2.78. The number of carbonyl (C=O) groups is 1. The molecule has 2 aromatic rings. The van der Waals surface area contributed by atoms with E-state index in [9.17, 15) is 13.2 Å². The number of anilines is 1. The summed E-state index contributed by atoms with van der Waals surface area (Å²) in [7, 11) is -1.25. The lowest BCUT2D eigenvalue weighted by Crippen LogP contribution is -2.26. The smallest absolute Gasteiger partial charge is 0.264 e. The molecule has 1 N–H and O–H groups in total. The van der Waals surface area contributed by atoms with Crippen molar-refractivity contribution in [3.63, 3.8) is 0 Å². The van der Waals surface area contributed by atoms with E-state index in [1.807, 2.05) is 25.1 Å². The van der Waals surface area contributed by atoms with Crippen LogP contribution in [0.1, 0.15) is 22.8 Å². The van der Waals surface area contributed by atoms with Gasteiger partial charge in [-0.3, -0.25) is 9.63 Å². The second-order valence-corrected chi connectivity index (χ2v) is 7.07. The molecule has 0 atom stereocenters. The van der Waals surface area contributed by atoms with E-state index in [1.165, 1.54) is 32.4 Å². The number of rotatable bonds is 6. The Balaban J connectivity index is 2.26. The van der Waals surface area contributed by atoms with Crippen molar-refractivity contribution < 1.29 is 18.0 Å². The normalized spacial score (nSPS) is 11.5. The van der Waals surface area contributed by atoms with Crippen LogP contribution in [0.25, 0.3) is 0 Å². The van der Waals surface area contributed by atoms with E-state index in [1.54, 1.807) is 12.1 Å². The molecule has 0 radical (unpaired) electrons. The third-order valence-corrected chi connectivity index (χ3v) is 5.26. The lowest BCUT2D eigenvalue weighted by molar-refractivity contribution is -0.0258. The van der Waals surface area contributed by atoms with Gasteiger partial charge in [-0.05, 0) is 42.3 Å². The Bertz CT molecular complexity index is 834. The molecule has 0 saturated heterocycles. The minimum atomic E-state index is -3.80. The predicted molar refractivity (Wildman–Crippen MR) is 92.2 cm³/mol. The van der Waals surface area contributed by atoms with Gasteiger partial charge in [0.15, 0.2) is 0 Å². The van der Waals surface area contributed by atoms with Crippen molar-refractivity contribution in [3.8, 4) is 0 Å². The van der Waals surface area contributed by atoms with Gasteiger partial charge in [0.05, 0.1) is 12.0 Å². The number of benzene rings is 2. The largest absolute Gasteiger partial charge is 0.322 e. The number of hydrogen-bond acceptors (Lipinski definition) is 4. The molecule has 128 valence electrons. The molecule has 2 rings (SSSR count). The van der Waals surface area contributed by atoms with E-state index in [4.69, 9.17) is 4.84 Å². The van der Waals surface area contributed by atoms with Crippen LogP contribution in [0.2, 0.25) is 0 Å². The Labute approximate surface area is 142 Å². The van der Waals surface area contributed by atoms with Crippen molar-refractivity contribution in [2.45, 2.75) is 18.2 Å².